The highest BCUT2D eigenvalue weighted by Crippen LogP contribution is 2.25. The lowest BCUT2D eigenvalue weighted by Crippen LogP contribution is -2.16. The molecule has 0 aliphatic heterocycles. The van der Waals surface area contributed by atoms with E-state index in [0.717, 1.165) is 7.11 Å². The van der Waals surface area contributed by atoms with E-state index in [1.165, 1.54) is 0 Å². The van der Waals surface area contributed by atoms with Crippen LogP contribution in [0, 0.1) is 5.82 Å². The van der Waals surface area contributed by atoms with E-state index in [1.807, 2.05) is 0 Å². The van der Waals surface area contributed by atoms with E-state index < -0.39 is 35.3 Å². The highest BCUT2D eigenvalue weighted by atomic mass is 19.3. The van der Waals surface area contributed by atoms with Gasteiger partial charge in [-0.15, -0.1) is 0 Å². The molecule has 0 spiro atoms. The van der Waals surface area contributed by atoms with Gasteiger partial charge < -0.3 is 10.5 Å². The molecule has 0 aliphatic carbocycles. The third-order valence-electron chi connectivity index (χ3n) is 1.64. The molecule has 0 atom stereocenters. The molecule has 0 saturated heterocycles. The molecule has 15 heavy (non-hydrogen) atoms. The zero-order valence-electron chi connectivity index (χ0n) is 7.63. The van der Waals surface area contributed by atoms with Crippen molar-refractivity contribution in [3.05, 3.63) is 23.1 Å². The molecular formula is C8H7F3N2O2. The number of hydrogen-bond donors (Lipinski definition) is 1. The zero-order chi connectivity index (χ0) is 11.6. The van der Waals surface area contributed by atoms with Crippen LogP contribution in [0.25, 0.3) is 0 Å². The summed E-state index contributed by atoms with van der Waals surface area (Å²) in [6.07, 6.45) is -3.03. The first-order valence-electron chi connectivity index (χ1n) is 3.79. The van der Waals surface area contributed by atoms with Gasteiger partial charge in [-0.3, -0.25) is 4.79 Å². The van der Waals surface area contributed by atoms with Gasteiger partial charge in [-0.25, -0.2) is 18.2 Å². The fourth-order valence-corrected chi connectivity index (χ4v) is 0.992. The Balaban J connectivity index is 3.38. The van der Waals surface area contributed by atoms with E-state index in [4.69, 9.17) is 5.73 Å². The standard InChI is InChI=1S/C8H7F3N2O2/c1-15-8-4(9)2-3(7(12)14)5(13-8)6(10)11/h2,6H,1H3,(H2,12,14). The summed E-state index contributed by atoms with van der Waals surface area (Å²) in [5.41, 5.74) is 3.26. The maximum absolute atomic E-state index is 13.0. The maximum Gasteiger partial charge on any atom is 0.281 e. The summed E-state index contributed by atoms with van der Waals surface area (Å²) >= 11 is 0. The first-order valence-corrected chi connectivity index (χ1v) is 3.79. The van der Waals surface area contributed by atoms with Gasteiger partial charge in [0, 0.05) is 0 Å². The Kier molecular flexibility index (Phi) is 3.13. The predicted octanol–water partition coefficient (Wildman–Crippen LogP) is 1.27. The number of methoxy groups -OCH3 is 1. The van der Waals surface area contributed by atoms with Gasteiger partial charge >= 0.3 is 0 Å². The normalized spacial score (nSPS) is 10.5. The van der Waals surface area contributed by atoms with Crippen molar-refractivity contribution in [1.29, 1.82) is 0 Å². The monoisotopic (exact) mass is 220 g/mol. The van der Waals surface area contributed by atoms with Gasteiger partial charge in [0.2, 0.25) is 0 Å². The molecule has 0 saturated carbocycles. The van der Waals surface area contributed by atoms with Crippen LogP contribution in [0.15, 0.2) is 6.07 Å². The number of carbonyl (C=O) groups excluding carboxylic acids is 1. The molecule has 1 heterocycles. The molecule has 0 unspecified atom stereocenters. The lowest BCUT2D eigenvalue weighted by molar-refractivity contribution is 0.0981. The van der Waals surface area contributed by atoms with Crippen LogP contribution in [0.3, 0.4) is 0 Å². The van der Waals surface area contributed by atoms with Crippen LogP contribution >= 0.6 is 0 Å². The number of nitrogens with two attached hydrogens (primary N) is 1. The highest BCUT2D eigenvalue weighted by molar-refractivity contribution is 5.94. The Morgan fingerprint density at radius 3 is 2.60 bits per heavy atom. The Hall–Kier alpha value is -1.79. The minimum Gasteiger partial charge on any atom is -0.479 e. The molecule has 1 amide bonds. The van der Waals surface area contributed by atoms with E-state index in [0.29, 0.717) is 6.07 Å². The van der Waals surface area contributed by atoms with Crippen molar-refractivity contribution >= 4 is 5.91 Å². The number of aromatic nitrogens is 1. The maximum atomic E-state index is 13.0. The first-order chi connectivity index (χ1) is 6.97. The highest BCUT2D eigenvalue weighted by Gasteiger charge is 2.22. The van der Waals surface area contributed by atoms with Gasteiger partial charge in [0.05, 0.1) is 12.7 Å². The van der Waals surface area contributed by atoms with Gasteiger partial charge in [-0.1, -0.05) is 0 Å². The van der Waals surface area contributed by atoms with Gasteiger partial charge in [0.1, 0.15) is 5.69 Å². The van der Waals surface area contributed by atoms with Crippen LogP contribution in [0.1, 0.15) is 22.5 Å². The minimum absolute atomic E-state index is 0.579. The smallest absolute Gasteiger partial charge is 0.281 e. The lowest BCUT2D eigenvalue weighted by atomic mass is 10.2. The molecule has 0 fully saturated rings. The number of ether oxygens (including phenoxy) is 1. The van der Waals surface area contributed by atoms with E-state index in [-0.39, 0.29) is 0 Å². The lowest BCUT2D eigenvalue weighted by Gasteiger charge is -2.07. The van der Waals surface area contributed by atoms with Crippen molar-refractivity contribution in [1.82, 2.24) is 4.98 Å². The van der Waals surface area contributed by atoms with Crippen LogP contribution < -0.4 is 10.5 Å². The summed E-state index contributed by atoms with van der Waals surface area (Å²) in [6, 6.07) is 0.579. The summed E-state index contributed by atoms with van der Waals surface area (Å²) < 4.78 is 42.2. The van der Waals surface area contributed by atoms with Crippen LogP contribution in [0.5, 0.6) is 5.88 Å². The van der Waals surface area contributed by atoms with Crippen molar-refractivity contribution in [2.24, 2.45) is 5.73 Å². The predicted molar refractivity (Wildman–Crippen MR) is 44.2 cm³/mol. The van der Waals surface area contributed by atoms with Gasteiger partial charge in [0.15, 0.2) is 5.82 Å². The Morgan fingerprint density at radius 1 is 1.60 bits per heavy atom. The van der Waals surface area contributed by atoms with Crippen molar-refractivity contribution in [3.63, 3.8) is 0 Å². The second-order valence-electron chi connectivity index (χ2n) is 2.58. The second kappa shape index (κ2) is 4.16. The van der Waals surface area contributed by atoms with Gasteiger partial charge in [0.25, 0.3) is 18.2 Å². The molecule has 7 heteroatoms. The molecule has 1 aromatic rings. The van der Waals surface area contributed by atoms with Crippen LogP contribution in [-0.2, 0) is 0 Å². The number of amides is 1. The average Bonchev–Trinajstić information content (AvgIpc) is 2.16. The largest absolute Gasteiger partial charge is 0.479 e. The quantitative estimate of drug-likeness (QED) is 0.834. The minimum atomic E-state index is -3.03. The SMILES string of the molecule is COc1nc(C(F)F)c(C(N)=O)cc1F. The Morgan fingerprint density at radius 2 is 2.20 bits per heavy atom. The molecule has 2 N–H and O–H groups in total. The van der Waals surface area contributed by atoms with Crippen molar-refractivity contribution in [2.75, 3.05) is 7.11 Å². The van der Waals surface area contributed by atoms with E-state index in [2.05, 4.69) is 9.72 Å². The van der Waals surface area contributed by atoms with E-state index in [9.17, 15) is 18.0 Å². The van der Waals surface area contributed by atoms with Crippen molar-refractivity contribution < 1.29 is 22.7 Å². The summed E-state index contributed by atoms with van der Waals surface area (Å²) in [5.74, 6) is -2.79. The molecule has 1 aromatic heterocycles. The van der Waals surface area contributed by atoms with E-state index in [1.54, 1.807) is 0 Å². The van der Waals surface area contributed by atoms with Gasteiger partial charge in [-0.05, 0) is 6.07 Å². The van der Waals surface area contributed by atoms with Crippen LogP contribution in [0.4, 0.5) is 13.2 Å². The fraction of sp³-hybridized carbons (Fsp3) is 0.250. The third-order valence-corrected chi connectivity index (χ3v) is 1.64. The number of halogens is 3. The number of hydrogen-bond acceptors (Lipinski definition) is 3. The van der Waals surface area contributed by atoms with Crippen LogP contribution in [0.2, 0.25) is 0 Å². The number of rotatable bonds is 3. The molecule has 4 nitrogen and oxygen atoms in total. The van der Waals surface area contributed by atoms with Crippen molar-refractivity contribution in [2.45, 2.75) is 6.43 Å². The van der Waals surface area contributed by atoms with E-state index >= 15 is 0 Å². The molecule has 82 valence electrons. The summed E-state index contributed by atoms with van der Waals surface area (Å²) in [4.78, 5) is 13.9. The summed E-state index contributed by atoms with van der Waals surface area (Å²) in [6.45, 7) is 0. The number of carbonyl (C=O) groups is 1. The Labute approximate surface area is 82.9 Å². The summed E-state index contributed by atoms with van der Waals surface area (Å²) in [7, 11) is 1.07. The molecule has 0 aromatic carbocycles. The zero-order valence-corrected chi connectivity index (χ0v) is 7.63. The molecule has 0 radical (unpaired) electrons. The molecule has 0 bridgehead atoms. The fourth-order valence-electron chi connectivity index (χ4n) is 0.992. The number of pyridine rings is 1. The Bertz CT molecular complexity index is 396. The van der Waals surface area contributed by atoms with Gasteiger partial charge in [-0.2, -0.15) is 0 Å². The van der Waals surface area contributed by atoms with Crippen molar-refractivity contribution in [3.8, 4) is 5.88 Å². The molecule has 1 rings (SSSR count). The average molecular weight is 220 g/mol. The topological polar surface area (TPSA) is 65.2 Å². The first kappa shape index (κ1) is 11.3. The molecular weight excluding hydrogens is 213 g/mol. The third kappa shape index (κ3) is 2.17. The number of primary amides is 1. The molecule has 0 aliphatic rings. The van der Waals surface area contributed by atoms with Crippen LogP contribution in [-0.4, -0.2) is 18.0 Å². The number of alkyl halides is 2. The number of nitrogens with zero attached hydrogens (tertiary/aromatic N) is 1. The second-order valence-corrected chi connectivity index (χ2v) is 2.58. The summed E-state index contributed by atoms with van der Waals surface area (Å²) in [5, 5.41) is 0.